The summed E-state index contributed by atoms with van der Waals surface area (Å²) in [7, 11) is 0. The Morgan fingerprint density at radius 1 is 1.06 bits per heavy atom. The van der Waals surface area contributed by atoms with Gasteiger partial charge in [0, 0.05) is 5.02 Å². The third-order valence-electron chi connectivity index (χ3n) is 2.01. The molecular formula is C9H7Cl2F6N. The van der Waals surface area contributed by atoms with Crippen LogP contribution in [0.2, 0.25) is 5.02 Å². The number of hydrogen-bond donors (Lipinski definition) is 1. The van der Waals surface area contributed by atoms with Crippen LogP contribution in [0.5, 0.6) is 0 Å². The van der Waals surface area contributed by atoms with Gasteiger partial charge in [0.05, 0.1) is 5.56 Å². The maximum absolute atomic E-state index is 12.5. The van der Waals surface area contributed by atoms with Crippen LogP contribution >= 0.6 is 24.0 Å². The van der Waals surface area contributed by atoms with Gasteiger partial charge in [-0.05, 0) is 17.7 Å². The first kappa shape index (κ1) is 17.3. The molecule has 0 spiro atoms. The molecular weight excluding hydrogens is 307 g/mol. The Bertz CT molecular complexity index is 414. The molecule has 104 valence electrons. The Kier molecular flexibility index (Phi) is 5.34. The van der Waals surface area contributed by atoms with E-state index in [1.807, 2.05) is 0 Å². The zero-order valence-corrected chi connectivity index (χ0v) is 10.0. The van der Waals surface area contributed by atoms with Crippen LogP contribution in [-0.4, -0.2) is 6.18 Å². The standard InChI is InChI=1S/C9H6ClF6N.ClH/c10-4-1-2-5(7(17)9(14,15)16)6(3-4)8(11,12)13;/h1-3,7H,17H2;1H/t7-;/m0./s1. The third kappa shape index (κ3) is 3.93. The predicted octanol–water partition coefficient (Wildman–Crippen LogP) is 4.34. The monoisotopic (exact) mass is 313 g/mol. The molecule has 0 fully saturated rings. The number of nitrogens with two attached hydrogens (primary N) is 1. The molecule has 1 aromatic carbocycles. The number of benzene rings is 1. The SMILES string of the molecule is Cl.N[C@@H](c1ccc(Cl)cc1C(F)(F)F)C(F)(F)F. The van der Waals surface area contributed by atoms with Gasteiger partial charge < -0.3 is 5.73 Å². The molecule has 0 saturated heterocycles. The van der Waals surface area contributed by atoms with E-state index in [4.69, 9.17) is 17.3 Å². The van der Waals surface area contributed by atoms with E-state index in [2.05, 4.69) is 0 Å². The highest BCUT2D eigenvalue weighted by Gasteiger charge is 2.43. The minimum absolute atomic E-state index is 0. The van der Waals surface area contributed by atoms with Gasteiger partial charge in [0.25, 0.3) is 0 Å². The maximum atomic E-state index is 12.5. The fourth-order valence-corrected chi connectivity index (χ4v) is 1.39. The van der Waals surface area contributed by atoms with Crippen molar-refractivity contribution in [3.63, 3.8) is 0 Å². The predicted molar refractivity (Wildman–Crippen MR) is 56.7 cm³/mol. The number of hydrogen-bond acceptors (Lipinski definition) is 1. The highest BCUT2D eigenvalue weighted by atomic mass is 35.5. The van der Waals surface area contributed by atoms with Crippen molar-refractivity contribution in [2.24, 2.45) is 5.73 Å². The quantitative estimate of drug-likeness (QED) is 0.767. The lowest BCUT2D eigenvalue weighted by Gasteiger charge is -2.20. The molecule has 1 aromatic rings. The van der Waals surface area contributed by atoms with Gasteiger partial charge in [-0.3, -0.25) is 0 Å². The van der Waals surface area contributed by atoms with Crippen LogP contribution < -0.4 is 5.73 Å². The third-order valence-corrected chi connectivity index (χ3v) is 2.24. The van der Waals surface area contributed by atoms with Gasteiger partial charge in [0.15, 0.2) is 0 Å². The molecule has 18 heavy (non-hydrogen) atoms. The second-order valence-corrected chi connectivity index (χ2v) is 3.69. The van der Waals surface area contributed by atoms with Crippen LogP contribution in [0.15, 0.2) is 18.2 Å². The maximum Gasteiger partial charge on any atom is 0.416 e. The van der Waals surface area contributed by atoms with Gasteiger partial charge in [-0.1, -0.05) is 17.7 Å². The second-order valence-electron chi connectivity index (χ2n) is 3.25. The van der Waals surface area contributed by atoms with Gasteiger partial charge in [-0.2, -0.15) is 26.3 Å². The van der Waals surface area contributed by atoms with Gasteiger partial charge in [0.1, 0.15) is 6.04 Å². The number of halogens is 8. The van der Waals surface area contributed by atoms with Gasteiger partial charge in [-0.15, -0.1) is 12.4 Å². The Labute approximate surface area is 109 Å². The topological polar surface area (TPSA) is 26.0 Å². The second kappa shape index (κ2) is 5.54. The summed E-state index contributed by atoms with van der Waals surface area (Å²) in [5, 5.41) is -0.310. The van der Waals surface area contributed by atoms with Crippen LogP contribution in [0.25, 0.3) is 0 Å². The van der Waals surface area contributed by atoms with E-state index in [9.17, 15) is 26.3 Å². The fourth-order valence-electron chi connectivity index (χ4n) is 1.22. The van der Waals surface area contributed by atoms with Crippen molar-refractivity contribution in [3.8, 4) is 0 Å². The van der Waals surface area contributed by atoms with Crippen molar-refractivity contribution in [1.82, 2.24) is 0 Å². The zero-order valence-electron chi connectivity index (χ0n) is 8.44. The van der Waals surface area contributed by atoms with E-state index >= 15 is 0 Å². The lowest BCUT2D eigenvalue weighted by atomic mass is 10.00. The zero-order chi connectivity index (χ0) is 13.4. The Balaban J connectivity index is 0.00000289. The van der Waals surface area contributed by atoms with Crippen molar-refractivity contribution < 1.29 is 26.3 Å². The smallest absolute Gasteiger partial charge is 0.316 e. The average Bonchev–Trinajstić information content (AvgIpc) is 2.14. The first-order valence-electron chi connectivity index (χ1n) is 4.22. The van der Waals surface area contributed by atoms with Crippen molar-refractivity contribution in [3.05, 3.63) is 34.3 Å². The number of rotatable bonds is 1. The van der Waals surface area contributed by atoms with E-state index in [0.29, 0.717) is 12.1 Å². The molecule has 2 N–H and O–H groups in total. The summed E-state index contributed by atoms with van der Waals surface area (Å²) in [6.45, 7) is 0. The van der Waals surface area contributed by atoms with Gasteiger partial charge >= 0.3 is 12.4 Å². The molecule has 0 bridgehead atoms. The Morgan fingerprint density at radius 2 is 1.56 bits per heavy atom. The van der Waals surface area contributed by atoms with Crippen molar-refractivity contribution in [2.45, 2.75) is 18.4 Å². The molecule has 0 heterocycles. The number of alkyl halides is 6. The molecule has 1 nitrogen and oxygen atoms in total. The van der Waals surface area contributed by atoms with E-state index in [1.165, 1.54) is 0 Å². The summed E-state index contributed by atoms with van der Waals surface area (Å²) in [5.74, 6) is 0. The average molecular weight is 314 g/mol. The van der Waals surface area contributed by atoms with Gasteiger partial charge in [0.2, 0.25) is 0 Å². The van der Waals surface area contributed by atoms with Gasteiger partial charge in [-0.25, -0.2) is 0 Å². The normalized spacial score (nSPS) is 14.0. The lowest BCUT2D eigenvalue weighted by Crippen LogP contribution is -2.30. The van der Waals surface area contributed by atoms with Crippen LogP contribution in [0.4, 0.5) is 26.3 Å². The summed E-state index contributed by atoms with van der Waals surface area (Å²) >= 11 is 5.32. The van der Waals surface area contributed by atoms with E-state index in [0.717, 1.165) is 6.07 Å². The molecule has 0 radical (unpaired) electrons. The summed E-state index contributed by atoms with van der Waals surface area (Å²) in [5.41, 5.74) is 2.23. The first-order chi connectivity index (χ1) is 7.53. The minimum Gasteiger partial charge on any atom is -0.316 e. The summed E-state index contributed by atoms with van der Waals surface area (Å²) in [6.07, 6.45) is -9.89. The molecule has 0 aliphatic carbocycles. The molecule has 0 aliphatic heterocycles. The van der Waals surface area contributed by atoms with Crippen molar-refractivity contribution in [2.75, 3.05) is 0 Å². The van der Waals surface area contributed by atoms with Crippen LogP contribution in [0.1, 0.15) is 17.2 Å². The van der Waals surface area contributed by atoms with Crippen LogP contribution in [-0.2, 0) is 6.18 Å². The molecule has 1 rings (SSSR count). The molecule has 9 heteroatoms. The van der Waals surface area contributed by atoms with Crippen molar-refractivity contribution in [1.29, 1.82) is 0 Å². The lowest BCUT2D eigenvalue weighted by molar-refractivity contribution is -0.155. The fraction of sp³-hybridized carbons (Fsp3) is 0.333. The largest absolute Gasteiger partial charge is 0.416 e. The first-order valence-corrected chi connectivity index (χ1v) is 4.60. The Morgan fingerprint density at radius 3 is 1.94 bits per heavy atom. The minimum atomic E-state index is -4.95. The molecule has 0 aromatic heterocycles. The molecule has 0 aliphatic rings. The van der Waals surface area contributed by atoms with E-state index < -0.39 is 29.5 Å². The Hall–Kier alpha value is -0.660. The van der Waals surface area contributed by atoms with E-state index in [1.54, 1.807) is 0 Å². The summed E-state index contributed by atoms with van der Waals surface area (Å²) < 4.78 is 74.3. The highest BCUT2D eigenvalue weighted by molar-refractivity contribution is 6.30. The molecule has 0 unspecified atom stereocenters. The van der Waals surface area contributed by atoms with E-state index in [-0.39, 0.29) is 17.4 Å². The van der Waals surface area contributed by atoms with Crippen LogP contribution in [0, 0.1) is 0 Å². The van der Waals surface area contributed by atoms with Crippen molar-refractivity contribution >= 4 is 24.0 Å². The van der Waals surface area contributed by atoms with Crippen LogP contribution in [0.3, 0.4) is 0 Å². The molecule has 0 amide bonds. The molecule has 1 atom stereocenters. The summed E-state index contributed by atoms with van der Waals surface area (Å²) in [4.78, 5) is 0. The molecule has 0 saturated carbocycles. The highest BCUT2D eigenvalue weighted by Crippen LogP contribution is 2.40. The summed E-state index contributed by atoms with van der Waals surface area (Å²) in [6, 6.07) is -0.722.